The first-order valence-corrected chi connectivity index (χ1v) is 10.3. The predicted octanol–water partition coefficient (Wildman–Crippen LogP) is 2.45. The molecule has 3 rings (SSSR count). The average Bonchev–Trinajstić information content (AvgIpc) is 2.62. The zero-order valence-corrected chi connectivity index (χ0v) is 16.6. The van der Waals surface area contributed by atoms with Gasteiger partial charge in [-0.25, -0.2) is 18.1 Å². The highest BCUT2D eigenvalue weighted by atomic mass is 79.9. The second kappa shape index (κ2) is 7.91. The number of aromatic nitrogens is 1. The summed E-state index contributed by atoms with van der Waals surface area (Å²) in [5.41, 5.74) is 0.163. The minimum atomic E-state index is -4.04. The summed E-state index contributed by atoms with van der Waals surface area (Å²) in [6.07, 6.45) is 1.23. The highest BCUT2D eigenvalue weighted by molar-refractivity contribution is 9.10. The number of halogens is 2. The Kier molecular flexibility index (Phi) is 5.81. The van der Waals surface area contributed by atoms with Crippen LogP contribution in [0.4, 0.5) is 5.82 Å². The van der Waals surface area contributed by atoms with Crippen molar-refractivity contribution in [1.29, 1.82) is 0 Å². The molecule has 2 heterocycles. The van der Waals surface area contributed by atoms with E-state index < -0.39 is 15.9 Å². The zero-order valence-electron chi connectivity index (χ0n) is 13.5. The third-order valence-electron chi connectivity index (χ3n) is 3.77. The number of benzene rings is 1. The summed E-state index contributed by atoms with van der Waals surface area (Å²) in [5.74, 6) is -0.0928. The lowest BCUT2D eigenvalue weighted by atomic mass is 10.2. The van der Waals surface area contributed by atoms with E-state index in [9.17, 15) is 13.2 Å². The van der Waals surface area contributed by atoms with Gasteiger partial charge in [-0.2, -0.15) is 0 Å². The van der Waals surface area contributed by atoms with Crippen molar-refractivity contribution in [1.82, 2.24) is 9.71 Å². The maximum absolute atomic E-state index is 12.4. The van der Waals surface area contributed by atoms with Gasteiger partial charge in [0.05, 0.1) is 18.8 Å². The van der Waals surface area contributed by atoms with Gasteiger partial charge in [0.15, 0.2) is 0 Å². The van der Waals surface area contributed by atoms with Gasteiger partial charge < -0.3 is 9.64 Å². The fraction of sp³-hybridized carbons (Fsp3) is 0.250. The van der Waals surface area contributed by atoms with Crippen LogP contribution in [0.5, 0.6) is 0 Å². The fourth-order valence-corrected chi connectivity index (χ4v) is 4.19. The van der Waals surface area contributed by atoms with Crippen molar-refractivity contribution in [3.8, 4) is 0 Å². The monoisotopic (exact) mass is 459 g/mol. The van der Waals surface area contributed by atoms with Gasteiger partial charge in [0.1, 0.15) is 10.7 Å². The molecule has 1 N–H and O–H groups in total. The van der Waals surface area contributed by atoms with Gasteiger partial charge in [0.25, 0.3) is 15.9 Å². The number of hydrogen-bond acceptors (Lipinski definition) is 6. The van der Waals surface area contributed by atoms with Crippen LogP contribution in [0, 0.1) is 0 Å². The molecule has 1 fully saturated rings. The molecular formula is C16H15BrClN3O4S. The molecule has 0 spiro atoms. The van der Waals surface area contributed by atoms with Crippen LogP contribution >= 0.6 is 27.5 Å². The van der Waals surface area contributed by atoms with E-state index in [0.717, 1.165) is 0 Å². The highest BCUT2D eigenvalue weighted by Gasteiger charge is 2.21. The number of anilines is 1. The van der Waals surface area contributed by atoms with Crippen LogP contribution < -0.4 is 9.62 Å². The molecular weight excluding hydrogens is 446 g/mol. The minimum absolute atomic E-state index is 0.0899. The topological polar surface area (TPSA) is 88.6 Å². The van der Waals surface area contributed by atoms with Crippen LogP contribution in [-0.4, -0.2) is 45.6 Å². The van der Waals surface area contributed by atoms with Crippen molar-refractivity contribution < 1.29 is 17.9 Å². The molecule has 1 aliphatic rings. The van der Waals surface area contributed by atoms with Crippen LogP contribution in [0.25, 0.3) is 0 Å². The number of ether oxygens (including phenoxy) is 1. The first-order chi connectivity index (χ1) is 12.4. The summed E-state index contributed by atoms with van der Waals surface area (Å²) in [4.78, 5) is 18.4. The Labute approximate surface area is 164 Å². The predicted molar refractivity (Wildman–Crippen MR) is 101 cm³/mol. The van der Waals surface area contributed by atoms with Crippen molar-refractivity contribution in [3.05, 3.63) is 51.6 Å². The van der Waals surface area contributed by atoms with E-state index in [4.69, 9.17) is 16.3 Å². The largest absolute Gasteiger partial charge is 0.378 e. The summed E-state index contributed by atoms with van der Waals surface area (Å²) in [7, 11) is -4.04. The van der Waals surface area contributed by atoms with Crippen LogP contribution in [0.3, 0.4) is 0 Å². The lowest BCUT2D eigenvalue weighted by molar-refractivity contribution is 0.0980. The molecule has 7 nitrogen and oxygen atoms in total. The quantitative estimate of drug-likeness (QED) is 0.754. The number of sulfonamides is 1. The number of nitrogens with zero attached hydrogens (tertiary/aromatic N) is 2. The van der Waals surface area contributed by atoms with E-state index in [1.165, 1.54) is 30.5 Å². The standard InChI is InChI=1S/C16H15BrClN3O4S/c17-14-9-11(18)1-3-13(14)16(22)20-26(23,24)12-2-4-15(19-10-12)21-5-7-25-8-6-21/h1-4,9-10H,5-8H2,(H,20,22). The first kappa shape index (κ1) is 19.1. The van der Waals surface area contributed by atoms with E-state index in [0.29, 0.717) is 41.6 Å². The van der Waals surface area contributed by atoms with Crippen molar-refractivity contribution in [3.63, 3.8) is 0 Å². The number of rotatable bonds is 4. The molecule has 0 bridgehead atoms. The number of pyridine rings is 1. The molecule has 0 aliphatic carbocycles. The van der Waals surface area contributed by atoms with Crippen LogP contribution in [0.1, 0.15) is 10.4 Å². The third-order valence-corrected chi connectivity index (χ3v) is 5.98. The Morgan fingerprint density at radius 3 is 2.58 bits per heavy atom. The van der Waals surface area contributed by atoms with E-state index in [1.54, 1.807) is 6.07 Å². The Hall–Kier alpha value is -1.68. The van der Waals surface area contributed by atoms with Crippen LogP contribution in [0.2, 0.25) is 5.02 Å². The van der Waals surface area contributed by atoms with Gasteiger partial charge in [0, 0.05) is 28.8 Å². The summed E-state index contributed by atoms with van der Waals surface area (Å²) >= 11 is 9.03. The van der Waals surface area contributed by atoms with Crippen molar-refractivity contribution in [2.75, 3.05) is 31.2 Å². The molecule has 138 valence electrons. The lowest BCUT2D eigenvalue weighted by Crippen LogP contribution is -2.36. The first-order valence-electron chi connectivity index (χ1n) is 7.68. The maximum atomic E-state index is 12.4. The summed E-state index contributed by atoms with van der Waals surface area (Å²) < 4.78 is 32.6. The summed E-state index contributed by atoms with van der Waals surface area (Å²) in [6, 6.07) is 7.50. The molecule has 1 aromatic heterocycles. The lowest BCUT2D eigenvalue weighted by Gasteiger charge is -2.27. The van der Waals surface area contributed by atoms with E-state index in [-0.39, 0.29) is 10.5 Å². The van der Waals surface area contributed by atoms with Gasteiger partial charge in [0.2, 0.25) is 0 Å². The fourth-order valence-electron chi connectivity index (χ4n) is 2.42. The Bertz CT molecular complexity index is 916. The Balaban J connectivity index is 1.76. The molecule has 1 aromatic carbocycles. The highest BCUT2D eigenvalue weighted by Crippen LogP contribution is 2.22. The smallest absolute Gasteiger partial charge is 0.266 e. The van der Waals surface area contributed by atoms with Crippen molar-refractivity contribution >= 4 is 49.3 Å². The van der Waals surface area contributed by atoms with Gasteiger partial charge in [-0.15, -0.1) is 0 Å². The summed E-state index contributed by atoms with van der Waals surface area (Å²) in [5, 5.41) is 0.430. The van der Waals surface area contributed by atoms with Crippen molar-refractivity contribution in [2.24, 2.45) is 0 Å². The average molecular weight is 461 g/mol. The molecule has 26 heavy (non-hydrogen) atoms. The van der Waals surface area contributed by atoms with E-state index in [1.807, 2.05) is 9.62 Å². The van der Waals surface area contributed by atoms with Crippen molar-refractivity contribution in [2.45, 2.75) is 4.90 Å². The second-order valence-electron chi connectivity index (χ2n) is 5.51. The Morgan fingerprint density at radius 2 is 1.96 bits per heavy atom. The maximum Gasteiger partial charge on any atom is 0.266 e. The molecule has 0 saturated carbocycles. The van der Waals surface area contributed by atoms with Gasteiger partial charge >= 0.3 is 0 Å². The Morgan fingerprint density at radius 1 is 1.23 bits per heavy atom. The molecule has 1 amide bonds. The number of hydrogen-bond donors (Lipinski definition) is 1. The van der Waals surface area contributed by atoms with Crippen LogP contribution in [-0.2, 0) is 14.8 Å². The molecule has 2 aromatic rings. The van der Waals surface area contributed by atoms with Gasteiger partial charge in [-0.3, -0.25) is 4.79 Å². The van der Waals surface area contributed by atoms with Crippen LogP contribution in [0.15, 0.2) is 45.9 Å². The summed E-state index contributed by atoms with van der Waals surface area (Å²) in [6.45, 7) is 2.60. The molecule has 1 aliphatic heterocycles. The normalized spacial score (nSPS) is 14.9. The number of amides is 1. The molecule has 1 saturated heterocycles. The third kappa shape index (κ3) is 4.35. The molecule has 10 heteroatoms. The zero-order chi connectivity index (χ0) is 18.7. The number of morpholine rings is 1. The van der Waals surface area contributed by atoms with E-state index in [2.05, 4.69) is 20.9 Å². The molecule has 0 radical (unpaired) electrons. The number of carbonyl (C=O) groups is 1. The second-order valence-corrected chi connectivity index (χ2v) is 8.48. The number of nitrogens with one attached hydrogen (secondary N) is 1. The number of carbonyl (C=O) groups excluding carboxylic acids is 1. The molecule has 0 unspecified atom stereocenters. The van der Waals surface area contributed by atoms with Gasteiger partial charge in [-0.1, -0.05) is 11.6 Å². The SMILES string of the molecule is O=C(NS(=O)(=O)c1ccc(N2CCOCC2)nc1)c1ccc(Cl)cc1Br. The van der Waals surface area contributed by atoms with E-state index >= 15 is 0 Å². The molecule has 0 atom stereocenters. The minimum Gasteiger partial charge on any atom is -0.378 e. The van der Waals surface area contributed by atoms with Gasteiger partial charge in [-0.05, 0) is 46.3 Å².